The van der Waals surface area contributed by atoms with Gasteiger partial charge in [0, 0.05) is 28.5 Å². The van der Waals surface area contributed by atoms with Gasteiger partial charge in [0.05, 0.1) is 4.91 Å². The number of hydrogen-bond acceptors (Lipinski definition) is 5. The highest BCUT2D eigenvalue weighted by Crippen LogP contribution is 2.32. The van der Waals surface area contributed by atoms with Gasteiger partial charge in [-0.15, -0.1) is 0 Å². The summed E-state index contributed by atoms with van der Waals surface area (Å²) in [6, 6.07) is 5.70. The fourth-order valence-corrected chi connectivity index (χ4v) is 1.93. The molecule has 20 heavy (non-hydrogen) atoms. The summed E-state index contributed by atoms with van der Waals surface area (Å²) in [5.41, 5.74) is -0.152. The Morgan fingerprint density at radius 3 is 2.75 bits per heavy atom. The Labute approximate surface area is 121 Å². The highest BCUT2D eigenvalue weighted by Gasteiger charge is 2.22. The van der Waals surface area contributed by atoms with E-state index in [2.05, 4.69) is 25.9 Å². The van der Waals surface area contributed by atoms with Crippen LogP contribution < -0.4 is 0 Å². The quantitative estimate of drug-likeness (QED) is 0.589. The number of aromatic nitrogens is 1. The summed E-state index contributed by atoms with van der Waals surface area (Å²) < 4.78 is 0.465. The van der Waals surface area contributed by atoms with E-state index < -0.39 is 10.7 Å². The fourth-order valence-electron chi connectivity index (χ4n) is 1.47. The van der Waals surface area contributed by atoms with Crippen molar-refractivity contribution in [2.24, 2.45) is 4.99 Å². The summed E-state index contributed by atoms with van der Waals surface area (Å²) in [5.74, 6) is -0.493. The number of aromatic hydroxyl groups is 2. The molecule has 8 heteroatoms. The molecule has 102 valence electrons. The largest absolute Gasteiger partial charge is 0.504 e. The number of phenolic OH excluding ortho intramolecular Hbond substituents is 1. The number of rotatable bonds is 3. The summed E-state index contributed by atoms with van der Waals surface area (Å²) in [6.45, 7) is 0. The molecule has 2 aromatic rings. The van der Waals surface area contributed by atoms with Crippen LogP contribution in [0.1, 0.15) is 5.56 Å². The molecule has 1 heterocycles. The van der Waals surface area contributed by atoms with Crippen LogP contribution >= 0.6 is 15.9 Å². The Bertz CT molecular complexity index is 703. The summed E-state index contributed by atoms with van der Waals surface area (Å²) in [4.78, 5) is 18.2. The lowest BCUT2D eigenvalue weighted by Gasteiger charge is -2.00. The zero-order valence-electron chi connectivity index (χ0n) is 9.93. The van der Waals surface area contributed by atoms with Gasteiger partial charge in [-0.2, -0.15) is 0 Å². The number of halogens is 1. The van der Waals surface area contributed by atoms with Crippen LogP contribution in [0.5, 0.6) is 11.5 Å². The first-order valence-electron chi connectivity index (χ1n) is 5.35. The Kier molecular flexibility index (Phi) is 3.94. The van der Waals surface area contributed by atoms with E-state index >= 15 is 0 Å². The van der Waals surface area contributed by atoms with Gasteiger partial charge >= 0.3 is 5.69 Å². The average Bonchev–Trinajstić information content (AvgIpc) is 2.40. The molecule has 0 unspecified atom stereocenters. The molecule has 0 bridgehead atoms. The molecule has 0 spiro atoms. The molecule has 0 fully saturated rings. The van der Waals surface area contributed by atoms with Crippen molar-refractivity contribution in [2.75, 3.05) is 0 Å². The van der Waals surface area contributed by atoms with Crippen LogP contribution in [0, 0.1) is 4.91 Å². The Morgan fingerprint density at radius 2 is 2.10 bits per heavy atom. The van der Waals surface area contributed by atoms with E-state index in [0.717, 1.165) is 0 Å². The lowest BCUT2D eigenvalue weighted by atomic mass is 10.2. The summed E-state index contributed by atoms with van der Waals surface area (Å²) in [5, 5.41) is 28.2. The first-order chi connectivity index (χ1) is 9.49. The maximum absolute atomic E-state index is 10.9. The van der Waals surface area contributed by atoms with Crippen LogP contribution in [-0.2, 0) is 0 Å². The van der Waals surface area contributed by atoms with E-state index in [1.165, 1.54) is 30.6 Å². The molecule has 3 N–H and O–H groups in total. The van der Waals surface area contributed by atoms with Crippen LogP contribution in [0.2, 0.25) is 0 Å². The van der Waals surface area contributed by atoms with Crippen molar-refractivity contribution in [1.29, 1.82) is 0 Å². The molecule has 0 saturated heterocycles. The Balaban J connectivity index is 2.44. The van der Waals surface area contributed by atoms with Gasteiger partial charge in [-0.1, -0.05) is 15.9 Å². The normalized spacial score (nSPS) is 10.8. The van der Waals surface area contributed by atoms with Crippen molar-refractivity contribution < 1.29 is 20.3 Å². The predicted octanol–water partition coefficient (Wildman–Crippen LogP) is 2.81. The standard InChI is InChI=1S/C12H8BrN3O4/c13-8-4-7(11(18)9(5-8)16(19)20)6-15-12-10(17)2-1-3-14-12/h1-6H,(H2-,14,15,17,18,19,20)/p+1. The van der Waals surface area contributed by atoms with Gasteiger partial charge in [0.2, 0.25) is 5.75 Å². The van der Waals surface area contributed by atoms with Gasteiger partial charge in [-0.25, -0.2) is 15.2 Å². The third kappa shape index (κ3) is 2.91. The number of hydrogen-bond donors (Lipinski definition) is 3. The summed E-state index contributed by atoms with van der Waals surface area (Å²) >= 11 is 3.14. The third-order valence-corrected chi connectivity index (χ3v) is 2.84. The maximum atomic E-state index is 10.9. The minimum atomic E-state index is -0.449. The number of benzene rings is 1. The summed E-state index contributed by atoms with van der Waals surface area (Å²) in [6.07, 6.45) is 2.67. The van der Waals surface area contributed by atoms with Gasteiger partial charge in [0.1, 0.15) is 0 Å². The van der Waals surface area contributed by atoms with Gasteiger partial charge in [-0.3, -0.25) is 0 Å². The first kappa shape index (κ1) is 13.9. The van der Waals surface area contributed by atoms with E-state index in [0.29, 0.717) is 4.47 Å². The highest BCUT2D eigenvalue weighted by molar-refractivity contribution is 9.10. The molecule has 0 aliphatic carbocycles. The molecular weight excluding hydrogens is 330 g/mol. The lowest BCUT2D eigenvalue weighted by Crippen LogP contribution is -1.95. The van der Waals surface area contributed by atoms with Crippen molar-refractivity contribution in [3.63, 3.8) is 0 Å². The molecule has 1 aromatic heterocycles. The lowest BCUT2D eigenvalue weighted by molar-refractivity contribution is -0.730. The van der Waals surface area contributed by atoms with E-state index in [9.17, 15) is 15.1 Å². The smallest absolute Gasteiger partial charge is 0.359 e. The molecule has 7 nitrogen and oxygen atoms in total. The van der Waals surface area contributed by atoms with Crippen LogP contribution in [-0.4, -0.2) is 31.5 Å². The summed E-state index contributed by atoms with van der Waals surface area (Å²) in [7, 11) is 0. The monoisotopic (exact) mass is 338 g/mol. The Morgan fingerprint density at radius 1 is 1.35 bits per heavy atom. The van der Waals surface area contributed by atoms with Crippen molar-refractivity contribution >= 4 is 33.6 Å². The average molecular weight is 339 g/mol. The highest BCUT2D eigenvalue weighted by atomic mass is 79.9. The third-order valence-electron chi connectivity index (χ3n) is 2.38. The van der Waals surface area contributed by atoms with Crippen LogP contribution in [0.3, 0.4) is 0 Å². The van der Waals surface area contributed by atoms with E-state index in [-0.39, 0.29) is 22.8 Å². The SMILES string of the molecule is O=[N+](O)c1cc(Br)cc(/C=N/c2ncccc2O)c1O. The molecular formula is C12H9BrN3O4+. The number of pyridine rings is 1. The van der Waals surface area contributed by atoms with E-state index in [4.69, 9.17) is 5.21 Å². The number of nitrogens with zero attached hydrogens (tertiary/aromatic N) is 3. The second kappa shape index (κ2) is 5.66. The molecule has 0 amide bonds. The van der Waals surface area contributed by atoms with Gasteiger partial charge < -0.3 is 10.2 Å². The second-order valence-corrected chi connectivity index (χ2v) is 4.66. The maximum Gasteiger partial charge on any atom is 0.359 e. The van der Waals surface area contributed by atoms with Crippen molar-refractivity contribution in [3.05, 3.63) is 45.4 Å². The van der Waals surface area contributed by atoms with Crippen molar-refractivity contribution in [2.45, 2.75) is 0 Å². The first-order valence-corrected chi connectivity index (χ1v) is 6.15. The van der Waals surface area contributed by atoms with Gasteiger partial charge in [0.25, 0.3) is 4.92 Å². The van der Waals surface area contributed by atoms with E-state index in [1.807, 2.05) is 0 Å². The van der Waals surface area contributed by atoms with Crippen LogP contribution in [0.15, 0.2) is 39.9 Å². The topological polar surface area (TPSA) is 106 Å². The zero-order valence-corrected chi connectivity index (χ0v) is 11.5. The second-order valence-electron chi connectivity index (χ2n) is 3.74. The molecule has 0 atom stereocenters. The van der Waals surface area contributed by atoms with Crippen molar-refractivity contribution in [3.8, 4) is 11.5 Å². The molecule has 2 rings (SSSR count). The van der Waals surface area contributed by atoms with E-state index in [1.54, 1.807) is 6.07 Å². The minimum absolute atomic E-state index is 0.0661. The van der Waals surface area contributed by atoms with Crippen molar-refractivity contribution in [1.82, 2.24) is 4.98 Å². The van der Waals surface area contributed by atoms with Crippen LogP contribution in [0.25, 0.3) is 0 Å². The minimum Gasteiger partial charge on any atom is -0.504 e. The molecule has 0 radical (unpaired) electrons. The number of aliphatic imine (C=N–C) groups is 1. The molecule has 0 aliphatic heterocycles. The molecule has 0 saturated carbocycles. The zero-order chi connectivity index (χ0) is 14.7. The molecule has 1 aromatic carbocycles. The predicted molar refractivity (Wildman–Crippen MR) is 74.0 cm³/mol. The fraction of sp³-hybridized carbons (Fsp3) is 0. The molecule has 0 aliphatic rings. The Hall–Kier alpha value is -2.48. The van der Waals surface area contributed by atoms with Crippen LogP contribution in [0.4, 0.5) is 11.5 Å². The number of phenols is 1. The van der Waals surface area contributed by atoms with Gasteiger partial charge in [-0.05, 0) is 18.2 Å². The van der Waals surface area contributed by atoms with Gasteiger partial charge in [0.15, 0.2) is 11.6 Å².